The molecule has 96 valence electrons. The smallest absolute Gasteiger partial charge is 0.306 e. The van der Waals surface area contributed by atoms with Gasteiger partial charge >= 0.3 is 5.97 Å². The SMILES string of the molecule is CCOC(=O)CCSCn1nnc2ccccc21. The quantitative estimate of drug-likeness (QED) is 0.591. The van der Waals surface area contributed by atoms with Crippen LogP contribution in [0, 0.1) is 0 Å². The maximum Gasteiger partial charge on any atom is 0.306 e. The fraction of sp³-hybridized carbons (Fsp3) is 0.417. The number of benzene rings is 1. The number of carbonyl (C=O) groups is 1. The van der Waals surface area contributed by atoms with E-state index < -0.39 is 0 Å². The van der Waals surface area contributed by atoms with Crippen LogP contribution >= 0.6 is 11.8 Å². The van der Waals surface area contributed by atoms with Gasteiger partial charge in [0.1, 0.15) is 5.52 Å². The Bertz CT molecular complexity index is 527. The Morgan fingerprint density at radius 2 is 2.28 bits per heavy atom. The molecular formula is C12H15N3O2S. The Kier molecular flexibility index (Phi) is 4.58. The van der Waals surface area contributed by atoms with Gasteiger partial charge in [-0.3, -0.25) is 4.79 Å². The first-order valence-electron chi connectivity index (χ1n) is 5.83. The molecule has 0 aliphatic rings. The van der Waals surface area contributed by atoms with Gasteiger partial charge in [0.05, 0.1) is 24.4 Å². The summed E-state index contributed by atoms with van der Waals surface area (Å²) in [6, 6.07) is 7.82. The Balaban J connectivity index is 1.82. The predicted octanol–water partition coefficient (Wildman–Crippen LogP) is 2.08. The topological polar surface area (TPSA) is 57.0 Å². The third-order valence-corrected chi connectivity index (χ3v) is 3.31. The molecule has 2 aromatic rings. The van der Waals surface area contributed by atoms with Gasteiger partial charge in [0.15, 0.2) is 0 Å². The molecule has 0 aliphatic carbocycles. The molecule has 0 saturated carbocycles. The van der Waals surface area contributed by atoms with Crippen molar-refractivity contribution in [2.75, 3.05) is 12.4 Å². The molecule has 1 heterocycles. The number of fused-ring (bicyclic) bond motifs is 1. The van der Waals surface area contributed by atoms with E-state index in [1.165, 1.54) is 0 Å². The minimum Gasteiger partial charge on any atom is -0.466 e. The van der Waals surface area contributed by atoms with Crippen LogP contribution < -0.4 is 0 Å². The zero-order valence-electron chi connectivity index (χ0n) is 10.2. The highest BCUT2D eigenvalue weighted by Gasteiger charge is 2.04. The summed E-state index contributed by atoms with van der Waals surface area (Å²) in [5.74, 6) is 1.28. The van der Waals surface area contributed by atoms with Crippen LogP contribution in [0.1, 0.15) is 13.3 Å². The minimum absolute atomic E-state index is 0.145. The first-order valence-corrected chi connectivity index (χ1v) is 6.98. The van der Waals surface area contributed by atoms with Crippen LogP contribution in [-0.4, -0.2) is 33.3 Å². The van der Waals surface area contributed by atoms with E-state index in [1.54, 1.807) is 11.8 Å². The Morgan fingerprint density at radius 3 is 3.11 bits per heavy atom. The molecular weight excluding hydrogens is 250 g/mol. The molecule has 1 aromatic carbocycles. The standard InChI is InChI=1S/C12H15N3O2S/c1-2-17-12(16)7-8-18-9-15-11-6-4-3-5-10(11)13-14-15/h3-6H,2,7-9H2,1H3. The van der Waals surface area contributed by atoms with Crippen LogP contribution in [0.15, 0.2) is 24.3 Å². The summed E-state index contributed by atoms with van der Waals surface area (Å²) in [6.45, 7) is 2.25. The first-order chi connectivity index (χ1) is 8.81. The van der Waals surface area contributed by atoms with Crippen LogP contribution in [0.2, 0.25) is 0 Å². The van der Waals surface area contributed by atoms with Gasteiger partial charge in [-0.1, -0.05) is 17.3 Å². The molecule has 0 bridgehead atoms. The number of carbonyl (C=O) groups excluding carboxylic acids is 1. The number of aromatic nitrogens is 3. The number of thioether (sulfide) groups is 1. The van der Waals surface area contributed by atoms with E-state index in [9.17, 15) is 4.79 Å². The molecule has 0 saturated heterocycles. The predicted molar refractivity (Wildman–Crippen MR) is 71.2 cm³/mol. The van der Waals surface area contributed by atoms with Gasteiger partial charge < -0.3 is 4.74 Å². The number of hydrogen-bond acceptors (Lipinski definition) is 5. The van der Waals surface area contributed by atoms with E-state index >= 15 is 0 Å². The third-order valence-electron chi connectivity index (χ3n) is 2.39. The summed E-state index contributed by atoms with van der Waals surface area (Å²) < 4.78 is 6.70. The average molecular weight is 265 g/mol. The summed E-state index contributed by atoms with van der Waals surface area (Å²) in [7, 11) is 0. The monoisotopic (exact) mass is 265 g/mol. The van der Waals surface area contributed by atoms with Crippen LogP contribution in [-0.2, 0) is 15.4 Å². The zero-order valence-corrected chi connectivity index (χ0v) is 11.0. The fourth-order valence-corrected chi connectivity index (χ4v) is 2.36. The summed E-state index contributed by atoms with van der Waals surface area (Å²) in [6.07, 6.45) is 0.436. The second-order valence-corrected chi connectivity index (χ2v) is 4.74. The van der Waals surface area contributed by atoms with Crippen molar-refractivity contribution < 1.29 is 9.53 Å². The summed E-state index contributed by atoms with van der Waals surface area (Å²) >= 11 is 1.64. The average Bonchev–Trinajstić information content (AvgIpc) is 2.78. The molecule has 0 fully saturated rings. The largest absolute Gasteiger partial charge is 0.466 e. The molecule has 0 N–H and O–H groups in total. The van der Waals surface area contributed by atoms with E-state index in [0.29, 0.717) is 18.9 Å². The second kappa shape index (κ2) is 6.39. The normalized spacial score (nSPS) is 10.7. The highest BCUT2D eigenvalue weighted by Crippen LogP contribution is 2.14. The Morgan fingerprint density at radius 1 is 1.44 bits per heavy atom. The highest BCUT2D eigenvalue weighted by molar-refractivity contribution is 7.98. The van der Waals surface area contributed by atoms with E-state index in [0.717, 1.165) is 16.8 Å². The van der Waals surface area contributed by atoms with Crippen molar-refractivity contribution in [1.82, 2.24) is 15.0 Å². The Labute approximate surface area is 109 Å². The number of ether oxygens (including phenoxy) is 1. The minimum atomic E-state index is -0.145. The maximum absolute atomic E-state index is 11.1. The number of hydrogen-bond donors (Lipinski definition) is 0. The van der Waals surface area contributed by atoms with E-state index in [2.05, 4.69) is 10.3 Å². The van der Waals surface area contributed by atoms with Crippen molar-refractivity contribution >= 4 is 28.8 Å². The van der Waals surface area contributed by atoms with Crippen molar-refractivity contribution in [2.45, 2.75) is 19.2 Å². The zero-order chi connectivity index (χ0) is 12.8. The van der Waals surface area contributed by atoms with Crippen LogP contribution in [0.5, 0.6) is 0 Å². The summed E-state index contributed by atoms with van der Waals surface area (Å²) in [5, 5.41) is 8.15. The second-order valence-electron chi connectivity index (χ2n) is 3.67. The van der Waals surface area contributed by atoms with Gasteiger partial charge in [-0.05, 0) is 19.1 Å². The van der Waals surface area contributed by atoms with Crippen molar-refractivity contribution in [2.24, 2.45) is 0 Å². The molecule has 1 aromatic heterocycles. The van der Waals surface area contributed by atoms with Crippen molar-refractivity contribution in [1.29, 1.82) is 0 Å². The van der Waals surface area contributed by atoms with Crippen molar-refractivity contribution in [3.05, 3.63) is 24.3 Å². The van der Waals surface area contributed by atoms with Gasteiger partial charge in [0, 0.05) is 5.75 Å². The molecule has 0 radical (unpaired) electrons. The van der Waals surface area contributed by atoms with Crippen LogP contribution in [0.25, 0.3) is 11.0 Å². The molecule has 18 heavy (non-hydrogen) atoms. The lowest BCUT2D eigenvalue weighted by atomic mass is 10.3. The maximum atomic E-state index is 11.1. The molecule has 2 rings (SSSR count). The van der Waals surface area contributed by atoms with Gasteiger partial charge in [-0.2, -0.15) is 0 Å². The summed E-state index contributed by atoms with van der Waals surface area (Å²) in [5.41, 5.74) is 1.91. The van der Waals surface area contributed by atoms with E-state index in [-0.39, 0.29) is 5.97 Å². The molecule has 0 unspecified atom stereocenters. The van der Waals surface area contributed by atoms with Crippen LogP contribution in [0.3, 0.4) is 0 Å². The molecule has 0 aliphatic heterocycles. The van der Waals surface area contributed by atoms with Gasteiger partial charge in [0.2, 0.25) is 0 Å². The number of rotatable bonds is 6. The van der Waals surface area contributed by atoms with E-state index in [4.69, 9.17) is 4.74 Å². The lowest BCUT2D eigenvalue weighted by Crippen LogP contribution is -2.05. The number of esters is 1. The lowest BCUT2D eigenvalue weighted by molar-refractivity contribution is -0.142. The molecule has 6 heteroatoms. The molecule has 0 amide bonds. The highest BCUT2D eigenvalue weighted by atomic mass is 32.2. The van der Waals surface area contributed by atoms with E-state index in [1.807, 2.05) is 35.9 Å². The third kappa shape index (κ3) is 3.22. The van der Waals surface area contributed by atoms with Crippen molar-refractivity contribution in [3.63, 3.8) is 0 Å². The van der Waals surface area contributed by atoms with Gasteiger partial charge in [-0.15, -0.1) is 16.9 Å². The summed E-state index contributed by atoms with van der Waals surface area (Å²) in [4.78, 5) is 11.1. The lowest BCUT2D eigenvalue weighted by Gasteiger charge is -2.03. The molecule has 5 nitrogen and oxygen atoms in total. The first kappa shape index (κ1) is 12.9. The van der Waals surface area contributed by atoms with Gasteiger partial charge in [-0.25, -0.2) is 4.68 Å². The van der Waals surface area contributed by atoms with Gasteiger partial charge in [0.25, 0.3) is 0 Å². The Hall–Kier alpha value is -1.56. The fourth-order valence-electron chi connectivity index (χ4n) is 1.55. The van der Waals surface area contributed by atoms with Crippen molar-refractivity contribution in [3.8, 4) is 0 Å². The molecule has 0 atom stereocenters. The molecule has 0 spiro atoms. The number of para-hydroxylation sites is 1. The number of nitrogens with zero attached hydrogens (tertiary/aromatic N) is 3. The van der Waals surface area contributed by atoms with Crippen LogP contribution in [0.4, 0.5) is 0 Å².